The minimum atomic E-state index is -0.318. The SMILES string of the molecule is O=C(NCc1cccc(F)c1)C1CCN(C(=O)c2ncn3c2CO[C@@H](c2ccccc2)C3)CC1. The van der Waals surface area contributed by atoms with Gasteiger partial charge in [-0.1, -0.05) is 42.5 Å². The first-order valence-corrected chi connectivity index (χ1v) is 11.6. The van der Waals surface area contributed by atoms with E-state index in [9.17, 15) is 14.0 Å². The molecule has 1 atom stereocenters. The summed E-state index contributed by atoms with van der Waals surface area (Å²) in [5.41, 5.74) is 3.06. The molecule has 2 aromatic carbocycles. The van der Waals surface area contributed by atoms with E-state index in [4.69, 9.17) is 4.74 Å². The van der Waals surface area contributed by atoms with Gasteiger partial charge in [0.15, 0.2) is 5.69 Å². The quantitative estimate of drug-likeness (QED) is 0.630. The van der Waals surface area contributed by atoms with E-state index in [1.165, 1.54) is 12.1 Å². The highest BCUT2D eigenvalue weighted by atomic mass is 19.1. The normalized spacial score (nSPS) is 18.4. The van der Waals surface area contributed by atoms with Crippen LogP contribution in [0.3, 0.4) is 0 Å². The van der Waals surface area contributed by atoms with Gasteiger partial charge in [-0.3, -0.25) is 9.59 Å². The molecule has 8 heteroatoms. The standard InChI is InChI=1S/C26H27FN4O3/c27-21-8-4-5-18(13-21)14-28-25(32)20-9-11-30(12-10-20)26(33)24-22-16-34-23(15-31(22)17-29-24)19-6-2-1-3-7-19/h1-8,13,17,20,23H,9-12,14-16H2,(H,28,32)/t23-/m1/s1. The second kappa shape index (κ2) is 9.77. The second-order valence-corrected chi connectivity index (χ2v) is 8.82. The third-order valence-electron chi connectivity index (χ3n) is 6.61. The maximum atomic E-state index is 13.3. The van der Waals surface area contributed by atoms with Crippen LogP contribution in [0.5, 0.6) is 0 Å². The predicted octanol–water partition coefficient (Wildman–Crippen LogP) is 3.46. The van der Waals surface area contributed by atoms with Crippen LogP contribution in [0.1, 0.15) is 46.3 Å². The number of fused-ring (bicyclic) bond motifs is 1. The zero-order chi connectivity index (χ0) is 23.5. The van der Waals surface area contributed by atoms with E-state index < -0.39 is 0 Å². The van der Waals surface area contributed by atoms with E-state index in [2.05, 4.69) is 10.3 Å². The molecule has 2 amide bonds. The Labute approximate surface area is 197 Å². The van der Waals surface area contributed by atoms with Gasteiger partial charge >= 0.3 is 0 Å². The fourth-order valence-electron chi connectivity index (χ4n) is 4.65. The minimum Gasteiger partial charge on any atom is -0.365 e. The van der Waals surface area contributed by atoms with Crippen LogP contribution in [0, 0.1) is 11.7 Å². The number of piperidine rings is 1. The summed E-state index contributed by atoms with van der Waals surface area (Å²) in [5, 5.41) is 2.88. The summed E-state index contributed by atoms with van der Waals surface area (Å²) in [4.78, 5) is 31.9. The van der Waals surface area contributed by atoms with E-state index >= 15 is 0 Å². The lowest BCUT2D eigenvalue weighted by Gasteiger charge is -2.31. The molecule has 0 saturated carbocycles. The molecule has 3 heterocycles. The van der Waals surface area contributed by atoms with Crippen molar-refractivity contribution in [2.24, 2.45) is 5.92 Å². The number of imidazole rings is 1. The number of nitrogens with zero attached hydrogens (tertiary/aromatic N) is 3. The molecule has 2 aliphatic heterocycles. The van der Waals surface area contributed by atoms with Gasteiger partial charge < -0.3 is 19.5 Å². The molecule has 1 aromatic heterocycles. The third kappa shape index (κ3) is 4.72. The van der Waals surface area contributed by atoms with Crippen molar-refractivity contribution in [3.05, 3.63) is 89.3 Å². The first-order chi connectivity index (χ1) is 16.6. The Morgan fingerprint density at radius 1 is 1.09 bits per heavy atom. The molecule has 2 aliphatic rings. The number of hydrogen-bond donors (Lipinski definition) is 1. The summed E-state index contributed by atoms with van der Waals surface area (Å²) in [7, 11) is 0. The molecule has 0 aliphatic carbocycles. The van der Waals surface area contributed by atoms with E-state index in [0.717, 1.165) is 16.8 Å². The Morgan fingerprint density at radius 2 is 1.88 bits per heavy atom. The van der Waals surface area contributed by atoms with Crippen LogP contribution in [-0.2, 0) is 29.2 Å². The predicted molar refractivity (Wildman–Crippen MR) is 123 cm³/mol. The summed E-state index contributed by atoms with van der Waals surface area (Å²) in [6.07, 6.45) is 2.83. The maximum absolute atomic E-state index is 13.3. The highest BCUT2D eigenvalue weighted by Crippen LogP contribution is 2.28. The lowest BCUT2D eigenvalue weighted by molar-refractivity contribution is -0.126. The number of rotatable bonds is 5. The minimum absolute atomic E-state index is 0.0592. The van der Waals surface area contributed by atoms with Crippen LogP contribution >= 0.6 is 0 Å². The highest BCUT2D eigenvalue weighted by molar-refractivity contribution is 5.93. The van der Waals surface area contributed by atoms with Crippen LogP contribution in [0.4, 0.5) is 4.39 Å². The lowest BCUT2D eigenvalue weighted by atomic mass is 9.95. The number of amides is 2. The number of hydrogen-bond acceptors (Lipinski definition) is 4. The van der Waals surface area contributed by atoms with E-state index in [0.29, 0.717) is 51.3 Å². The van der Waals surface area contributed by atoms with Gasteiger partial charge in [-0.05, 0) is 36.1 Å². The number of likely N-dealkylation sites (tertiary alicyclic amines) is 1. The molecule has 0 radical (unpaired) electrons. The van der Waals surface area contributed by atoms with Crippen molar-refractivity contribution in [1.82, 2.24) is 19.8 Å². The summed E-state index contributed by atoms with van der Waals surface area (Å²) in [6, 6.07) is 16.2. The number of halogens is 1. The average Bonchev–Trinajstić information content (AvgIpc) is 3.31. The molecule has 1 saturated heterocycles. The molecule has 34 heavy (non-hydrogen) atoms. The largest absolute Gasteiger partial charge is 0.365 e. The summed E-state index contributed by atoms with van der Waals surface area (Å²) < 4.78 is 21.4. The Hall–Kier alpha value is -3.52. The van der Waals surface area contributed by atoms with Crippen LogP contribution in [0.15, 0.2) is 60.9 Å². The Kier molecular flexibility index (Phi) is 6.40. The van der Waals surface area contributed by atoms with Crippen molar-refractivity contribution in [2.75, 3.05) is 13.1 Å². The number of ether oxygens (including phenoxy) is 1. The Bertz CT molecular complexity index is 1170. The van der Waals surface area contributed by atoms with Crippen molar-refractivity contribution in [3.63, 3.8) is 0 Å². The smallest absolute Gasteiger partial charge is 0.274 e. The molecule has 1 fully saturated rings. The first kappa shape index (κ1) is 22.3. The third-order valence-corrected chi connectivity index (χ3v) is 6.61. The van der Waals surface area contributed by atoms with Gasteiger partial charge in [0.2, 0.25) is 5.91 Å². The number of benzene rings is 2. The van der Waals surface area contributed by atoms with Gasteiger partial charge in [0.25, 0.3) is 5.91 Å². The zero-order valence-electron chi connectivity index (χ0n) is 18.8. The molecule has 0 bridgehead atoms. The van der Waals surface area contributed by atoms with Gasteiger partial charge in [0.1, 0.15) is 11.9 Å². The summed E-state index contributed by atoms with van der Waals surface area (Å²) in [5.74, 6) is -0.658. The molecular formula is C26H27FN4O3. The monoisotopic (exact) mass is 462 g/mol. The van der Waals surface area contributed by atoms with Gasteiger partial charge in [0, 0.05) is 25.6 Å². The molecule has 5 rings (SSSR count). The topological polar surface area (TPSA) is 76.5 Å². The highest BCUT2D eigenvalue weighted by Gasteiger charge is 2.32. The van der Waals surface area contributed by atoms with Crippen LogP contribution in [0.2, 0.25) is 0 Å². The molecule has 0 unspecified atom stereocenters. The average molecular weight is 463 g/mol. The van der Waals surface area contributed by atoms with Gasteiger partial charge in [0.05, 0.1) is 25.2 Å². The van der Waals surface area contributed by atoms with Crippen LogP contribution in [0.25, 0.3) is 0 Å². The van der Waals surface area contributed by atoms with Gasteiger partial charge in [-0.2, -0.15) is 0 Å². The lowest BCUT2D eigenvalue weighted by Crippen LogP contribution is -2.43. The molecule has 0 spiro atoms. The van der Waals surface area contributed by atoms with Crippen molar-refractivity contribution in [1.29, 1.82) is 0 Å². The Morgan fingerprint density at radius 3 is 2.65 bits per heavy atom. The second-order valence-electron chi connectivity index (χ2n) is 8.82. The van der Waals surface area contributed by atoms with Crippen LogP contribution < -0.4 is 5.32 Å². The van der Waals surface area contributed by atoms with Crippen LogP contribution in [-0.4, -0.2) is 39.4 Å². The number of carbonyl (C=O) groups excluding carboxylic acids is 2. The maximum Gasteiger partial charge on any atom is 0.274 e. The Balaban J connectivity index is 1.15. The van der Waals surface area contributed by atoms with E-state index in [1.807, 2.05) is 34.9 Å². The van der Waals surface area contributed by atoms with Crippen molar-refractivity contribution >= 4 is 11.8 Å². The number of carbonyl (C=O) groups is 2. The van der Waals surface area contributed by atoms with E-state index in [1.54, 1.807) is 23.4 Å². The molecular weight excluding hydrogens is 435 g/mol. The van der Waals surface area contributed by atoms with E-state index in [-0.39, 0.29) is 29.7 Å². The van der Waals surface area contributed by atoms with Crippen molar-refractivity contribution in [3.8, 4) is 0 Å². The summed E-state index contributed by atoms with van der Waals surface area (Å²) >= 11 is 0. The van der Waals surface area contributed by atoms with Gasteiger partial charge in [-0.15, -0.1) is 0 Å². The number of nitrogens with one attached hydrogen (secondary N) is 1. The molecule has 1 N–H and O–H groups in total. The van der Waals surface area contributed by atoms with Gasteiger partial charge in [-0.25, -0.2) is 9.37 Å². The zero-order valence-corrected chi connectivity index (χ0v) is 18.8. The van der Waals surface area contributed by atoms with Crippen molar-refractivity contribution in [2.45, 2.75) is 38.6 Å². The fourth-order valence-corrected chi connectivity index (χ4v) is 4.65. The first-order valence-electron chi connectivity index (χ1n) is 11.6. The number of aromatic nitrogens is 2. The molecule has 3 aromatic rings. The fraction of sp³-hybridized carbons (Fsp3) is 0.346. The molecule has 7 nitrogen and oxygen atoms in total. The summed E-state index contributed by atoms with van der Waals surface area (Å²) in [6.45, 7) is 2.24. The van der Waals surface area contributed by atoms with Crippen molar-refractivity contribution < 1.29 is 18.7 Å². The molecule has 176 valence electrons.